The third-order valence-corrected chi connectivity index (χ3v) is 4.00. The van der Waals surface area contributed by atoms with E-state index in [0.29, 0.717) is 16.8 Å². The quantitative estimate of drug-likeness (QED) is 0.462. The molecular weight excluding hydrogens is 272 g/mol. The summed E-state index contributed by atoms with van der Waals surface area (Å²) in [6.45, 7) is 0. The second kappa shape index (κ2) is 4.64. The second-order valence-corrected chi connectivity index (χ2v) is 5.14. The predicted octanol–water partition coefficient (Wildman–Crippen LogP) is 3.70. The number of aliphatic imine (C=N–C) groups is 1. The Labute approximate surface area is 127 Å². The minimum Gasteiger partial charge on any atom is -0.289 e. The molecule has 0 fully saturated rings. The lowest BCUT2D eigenvalue weighted by Gasteiger charge is -2.21. The second-order valence-electron chi connectivity index (χ2n) is 5.14. The van der Waals surface area contributed by atoms with Gasteiger partial charge in [0, 0.05) is 22.3 Å². The summed E-state index contributed by atoms with van der Waals surface area (Å²) in [5, 5.41) is 10.9. The van der Waals surface area contributed by atoms with Gasteiger partial charge >= 0.3 is 0 Å². The van der Waals surface area contributed by atoms with Crippen LogP contribution in [-0.2, 0) is 0 Å². The van der Waals surface area contributed by atoms with E-state index in [0.717, 1.165) is 21.9 Å². The lowest BCUT2D eigenvalue weighted by atomic mass is 9.81. The van der Waals surface area contributed by atoms with E-state index in [2.05, 4.69) is 4.99 Å². The van der Waals surface area contributed by atoms with Crippen molar-refractivity contribution in [2.24, 2.45) is 4.99 Å². The molecule has 4 rings (SSSR count). The SMILES string of the molecule is N#CN=C1c2ccccc2C(=O)c2c1ccc1ccccc21. The standard InChI is InChI=1S/C19H10N2O/c20-11-21-18-14-7-3-4-8-15(14)19(22)17-13-6-2-1-5-12(13)9-10-16(17)18/h1-10H. The predicted molar refractivity (Wildman–Crippen MR) is 85.1 cm³/mol. The summed E-state index contributed by atoms with van der Waals surface area (Å²) >= 11 is 0. The molecule has 3 heteroatoms. The van der Waals surface area contributed by atoms with Gasteiger partial charge in [0.25, 0.3) is 0 Å². The molecule has 3 nitrogen and oxygen atoms in total. The van der Waals surface area contributed by atoms with Crippen LogP contribution >= 0.6 is 0 Å². The van der Waals surface area contributed by atoms with Crippen LogP contribution in [0.3, 0.4) is 0 Å². The summed E-state index contributed by atoms with van der Waals surface area (Å²) in [5.41, 5.74) is 3.24. The van der Waals surface area contributed by atoms with Crippen LogP contribution in [0.15, 0.2) is 65.7 Å². The van der Waals surface area contributed by atoms with E-state index in [1.165, 1.54) is 0 Å². The molecule has 0 saturated heterocycles. The number of nitrogens with zero attached hydrogens (tertiary/aromatic N) is 2. The van der Waals surface area contributed by atoms with Crippen molar-refractivity contribution in [1.82, 2.24) is 0 Å². The van der Waals surface area contributed by atoms with E-state index in [-0.39, 0.29) is 5.78 Å². The van der Waals surface area contributed by atoms with Crippen molar-refractivity contribution < 1.29 is 4.79 Å². The first kappa shape index (κ1) is 12.5. The number of ketones is 1. The van der Waals surface area contributed by atoms with E-state index in [9.17, 15) is 4.79 Å². The van der Waals surface area contributed by atoms with Crippen LogP contribution in [0.4, 0.5) is 0 Å². The van der Waals surface area contributed by atoms with Crippen molar-refractivity contribution in [1.29, 1.82) is 5.26 Å². The Bertz CT molecular complexity index is 1010. The maximum absolute atomic E-state index is 12.9. The molecule has 102 valence electrons. The van der Waals surface area contributed by atoms with Gasteiger partial charge in [-0.15, -0.1) is 0 Å². The van der Waals surface area contributed by atoms with E-state index in [1.807, 2.05) is 60.8 Å². The van der Waals surface area contributed by atoms with Gasteiger partial charge in [0.1, 0.15) is 0 Å². The number of benzene rings is 3. The van der Waals surface area contributed by atoms with Crippen molar-refractivity contribution >= 4 is 22.3 Å². The Morgan fingerprint density at radius 1 is 0.818 bits per heavy atom. The van der Waals surface area contributed by atoms with Gasteiger partial charge in [-0.3, -0.25) is 4.79 Å². The van der Waals surface area contributed by atoms with Gasteiger partial charge < -0.3 is 0 Å². The van der Waals surface area contributed by atoms with Gasteiger partial charge in [0.05, 0.1) is 5.71 Å². The molecule has 0 bridgehead atoms. The van der Waals surface area contributed by atoms with Crippen molar-refractivity contribution in [3.8, 4) is 6.19 Å². The number of hydrogen-bond acceptors (Lipinski definition) is 3. The molecule has 0 unspecified atom stereocenters. The fraction of sp³-hybridized carbons (Fsp3) is 0. The largest absolute Gasteiger partial charge is 0.289 e. The van der Waals surface area contributed by atoms with E-state index in [4.69, 9.17) is 5.26 Å². The minimum atomic E-state index is -0.0145. The molecule has 0 spiro atoms. The molecule has 0 saturated carbocycles. The zero-order chi connectivity index (χ0) is 15.1. The Morgan fingerprint density at radius 2 is 1.55 bits per heavy atom. The minimum absolute atomic E-state index is 0.0145. The third-order valence-electron chi connectivity index (χ3n) is 4.00. The van der Waals surface area contributed by atoms with Crippen LogP contribution in [0.2, 0.25) is 0 Å². The van der Waals surface area contributed by atoms with Gasteiger partial charge in [-0.2, -0.15) is 10.3 Å². The molecule has 1 aliphatic carbocycles. The van der Waals surface area contributed by atoms with Gasteiger partial charge in [-0.05, 0) is 10.8 Å². The van der Waals surface area contributed by atoms with E-state index < -0.39 is 0 Å². The maximum Gasteiger partial charge on any atom is 0.206 e. The van der Waals surface area contributed by atoms with Crippen LogP contribution in [0.5, 0.6) is 0 Å². The van der Waals surface area contributed by atoms with Crippen molar-refractivity contribution in [3.63, 3.8) is 0 Å². The van der Waals surface area contributed by atoms with Gasteiger partial charge in [-0.1, -0.05) is 60.7 Å². The van der Waals surface area contributed by atoms with Crippen LogP contribution in [0.1, 0.15) is 27.0 Å². The normalized spacial score (nSPS) is 14.5. The van der Waals surface area contributed by atoms with Crippen LogP contribution in [-0.4, -0.2) is 11.5 Å². The molecule has 0 N–H and O–H groups in total. The van der Waals surface area contributed by atoms with Crippen molar-refractivity contribution in [2.75, 3.05) is 0 Å². The molecule has 0 aliphatic heterocycles. The highest BCUT2D eigenvalue weighted by Crippen LogP contribution is 2.32. The van der Waals surface area contributed by atoms with E-state index in [1.54, 1.807) is 6.07 Å². The summed E-state index contributed by atoms with van der Waals surface area (Å²) in [5.74, 6) is -0.0145. The highest BCUT2D eigenvalue weighted by Gasteiger charge is 2.29. The Hall–Kier alpha value is -3.25. The Kier molecular flexibility index (Phi) is 2.64. The summed E-state index contributed by atoms with van der Waals surface area (Å²) < 4.78 is 0. The number of carbonyl (C=O) groups excluding carboxylic acids is 1. The summed E-state index contributed by atoms with van der Waals surface area (Å²) in [7, 11) is 0. The zero-order valence-electron chi connectivity index (χ0n) is 11.6. The zero-order valence-corrected chi connectivity index (χ0v) is 11.6. The molecule has 0 amide bonds. The summed E-state index contributed by atoms with van der Waals surface area (Å²) in [6.07, 6.45) is 1.86. The smallest absolute Gasteiger partial charge is 0.206 e. The topological polar surface area (TPSA) is 53.2 Å². The third kappa shape index (κ3) is 1.61. The van der Waals surface area contributed by atoms with Gasteiger partial charge in [0.2, 0.25) is 6.19 Å². The lowest BCUT2D eigenvalue weighted by molar-refractivity contribution is 0.103. The van der Waals surface area contributed by atoms with Gasteiger partial charge in [0.15, 0.2) is 5.78 Å². The molecule has 0 radical (unpaired) electrons. The number of rotatable bonds is 0. The van der Waals surface area contributed by atoms with Crippen LogP contribution in [0, 0.1) is 11.5 Å². The molecule has 0 atom stereocenters. The molecular formula is C19H10N2O. The monoisotopic (exact) mass is 282 g/mol. The van der Waals surface area contributed by atoms with E-state index >= 15 is 0 Å². The average molecular weight is 282 g/mol. The summed E-state index contributed by atoms with van der Waals surface area (Å²) in [4.78, 5) is 16.9. The molecule has 1 aliphatic rings. The highest BCUT2D eigenvalue weighted by atomic mass is 16.1. The van der Waals surface area contributed by atoms with Crippen molar-refractivity contribution in [3.05, 3.63) is 82.9 Å². The fourth-order valence-electron chi connectivity index (χ4n) is 3.05. The number of nitriles is 1. The lowest BCUT2D eigenvalue weighted by Crippen LogP contribution is -2.21. The number of fused-ring (bicyclic) bond motifs is 4. The number of hydrogen-bond donors (Lipinski definition) is 0. The number of carbonyl (C=O) groups is 1. The molecule has 3 aromatic rings. The fourth-order valence-corrected chi connectivity index (χ4v) is 3.05. The van der Waals surface area contributed by atoms with Crippen LogP contribution in [0.25, 0.3) is 10.8 Å². The average Bonchev–Trinajstić information content (AvgIpc) is 2.58. The molecule has 3 aromatic carbocycles. The first-order valence-electron chi connectivity index (χ1n) is 6.94. The molecule has 22 heavy (non-hydrogen) atoms. The van der Waals surface area contributed by atoms with Crippen molar-refractivity contribution in [2.45, 2.75) is 0 Å². The molecule has 0 heterocycles. The maximum atomic E-state index is 12.9. The van der Waals surface area contributed by atoms with Gasteiger partial charge in [-0.25, -0.2) is 0 Å². The van der Waals surface area contributed by atoms with Crippen LogP contribution < -0.4 is 0 Å². The summed E-state index contributed by atoms with van der Waals surface area (Å²) in [6, 6.07) is 18.9. The first-order valence-corrected chi connectivity index (χ1v) is 6.94. The first-order chi connectivity index (χ1) is 10.8. The molecule has 0 aromatic heterocycles. The Morgan fingerprint density at radius 3 is 2.36 bits per heavy atom. The highest BCUT2D eigenvalue weighted by molar-refractivity contribution is 6.33. The Balaban J connectivity index is 2.16.